The Morgan fingerprint density at radius 2 is 2.17 bits per heavy atom. The minimum absolute atomic E-state index is 0.225. The Labute approximate surface area is 138 Å². The number of aromatic nitrogens is 2. The van der Waals surface area contributed by atoms with Crippen molar-refractivity contribution >= 4 is 0 Å². The van der Waals surface area contributed by atoms with Crippen molar-refractivity contribution in [1.29, 1.82) is 0 Å². The molecule has 1 N–H and O–H groups in total. The Bertz CT molecular complexity index is 623. The van der Waals surface area contributed by atoms with Crippen molar-refractivity contribution in [2.45, 2.75) is 45.2 Å². The Balaban J connectivity index is 1.66. The highest BCUT2D eigenvalue weighted by Gasteiger charge is 2.25. The van der Waals surface area contributed by atoms with Gasteiger partial charge < -0.3 is 9.67 Å². The van der Waals surface area contributed by atoms with Crippen molar-refractivity contribution in [3.05, 3.63) is 53.6 Å². The van der Waals surface area contributed by atoms with Crippen LogP contribution in [0.25, 0.3) is 0 Å². The lowest BCUT2D eigenvalue weighted by Crippen LogP contribution is -2.34. The van der Waals surface area contributed by atoms with E-state index in [0.717, 1.165) is 31.9 Å². The largest absolute Gasteiger partial charge is 0.395 e. The second kappa shape index (κ2) is 7.75. The quantitative estimate of drug-likeness (QED) is 0.854. The van der Waals surface area contributed by atoms with Gasteiger partial charge in [0, 0.05) is 38.1 Å². The minimum Gasteiger partial charge on any atom is -0.395 e. The normalized spacial score (nSPS) is 17.4. The van der Waals surface area contributed by atoms with Crippen LogP contribution in [0.1, 0.15) is 42.3 Å². The van der Waals surface area contributed by atoms with E-state index in [1.165, 1.54) is 30.4 Å². The second-order valence-corrected chi connectivity index (χ2v) is 6.39. The van der Waals surface area contributed by atoms with Crippen LogP contribution in [0.5, 0.6) is 0 Å². The van der Waals surface area contributed by atoms with E-state index in [-0.39, 0.29) is 6.61 Å². The summed E-state index contributed by atoms with van der Waals surface area (Å²) in [5.74, 6) is 1.07. The first-order valence-electron chi connectivity index (χ1n) is 8.70. The summed E-state index contributed by atoms with van der Waals surface area (Å²) in [4.78, 5) is 6.74. The van der Waals surface area contributed by atoms with Crippen LogP contribution in [-0.2, 0) is 13.0 Å². The van der Waals surface area contributed by atoms with Crippen molar-refractivity contribution in [1.82, 2.24) is 14.5 Å². The molecule has 4 nitrogen and oxygen atoms in total. The molecule has 4 heteroatoms. The summed E-state index contributed by atoms with van der Waals surface area (Å²) in [7, 11) is 0. The molecule has 1 atom stereocenters. The summed E-state index contributed by atoms with van der Waals surface area (Å²) in [5, 5.41) is 9.49. The van der Waals surface area contributed by atoms with Crippen molar-refractivity contribution < 1.29 is 5.11 Å². The van der Waals surface area contributed by atoms with Crippen LogP contribution in [0.2, 0.25) is 0 Å². The van der Waals surface area contributed by atoms with Gasteiger partial charge in [-0.15, -0.1) is 0 Å². The number of rotatable bonds is 7. The van der Waals surface area contributed by atoms with Gasteiger partial charge in [0.15, 0.2) is 0 Å². The lowest BCUT2D eigenvalue weighted by molar-refractivity contribution is 0.135. The highest BCUT2D eigenvalue weighted by molar-refractivity contribution is 5.32. The lowest BCUT2D eigenvalue weighted by atomic mass is 9.86. The van der Waals surface area contributed by atoms with Crippen LogP contribution in [-0.4, -0.2) is 39.3 Å². The smallest absolute Gasteiger partial charge is 0.105 e. The third-order valence-corrected chi connectivity index (χ3v) is 4.93. The van der Waals surface area contributed by atoms with Gasteiger partial charge in [-0.1, -0.05) is 24.3 Å². The topological polar surface area (TPSA) is 41.3 Å². The van der Waals surface area contributed by atoms with Crippen LogP contribution in [0.3, 0.4) is 0 Å². The third kappa shape index (κ3) is 3.82. The molecular weight excluding hydrogens is 286 g/mol. The summed E-state index contributed by atoms with van der Waals surface area (Å²) >= 11 is 0. The fourth-order valence-electron chi connectivity index (χ4n) is 3.74. The van der Waals surface area contributed by atoms with Gasteiger partial charge in [0.25, 0.3) is 0 Å². The standard InChI is InChI=1S/C19H27N3O/c1-16-20-10-13-21(16)11-5-12-22(14-15-23)19-9-4-7-17-6-2-3-8-18(17)19/h2-3,6,8,10,13,19,23H,4-5,7,9,11-12,14-15H2,1H3. The Morgan fingerprint density at radius 1 is 1.30 bits per heavy atom. The zero-order valence-corrected chi connectivity index (χ0v) is 14.0. The number of hydrogen-bond acceptors (Lipinski definition) is 3. The first kappa shape index (κ1) is 16.2. The molecule has 124 valence electrons. The summed E-state index contributed by atoms with van der Waals surface area (Å²) in [6.45, 7) is 5.02. The summed E-state index contributed by atoms with van der Waals surface area (Å²) in [6.07, 6.45) is 8.61. The first-order chi connectivity index (χ1) is 11.3. The molecule has 1 aliphatic rings. The molecule has 0 bridgehead atoms. The van der Waals surface area contributed by atoms with Gasteiger partial charge in [-0.05, 0) is 43.7 Å². The van der Waals surface area contributed by atoms with Gasteiger partial charge in [0.1, 0.15) is 5.82 Å². The van der Waals surface area contributed by atoms with Gasteiger partial charge in [-0.3, -0.25) is 4.90 Å². The van der Waals surface area contributed by atoms with E-state index in [2.05, 4.69) is 38.7 Å². The summed E-state index contributed by atoms with van der Waals surface area (Å²) < 4.78 is 2.20. The average Bonchev–Trinajstić information content (AvgIpc) is 2.99. The molecule has 0 amide bonds. The molecule has 0 saturated heterocycles. The van der Waals surface area contributed by atoms with Crippen LogP contribution in [0.15, 0.2) is 36.7 Å². The van der Waals surface area contributed by atoms with E-state index in [1.807, 2.05) is 19.3 Å². The molecule has 1 unspecified atom stereocenters. The van der Waals surface area contributed by atoms with Crippen LogP contribution in [0.4, 0.5) is 0 Å². The number of aliphatic hydroxyl groups is 1. The molecule has 1 aliphatic carbocycles. The first-order valence-corrected chi connectivity index (χ1v) is 8.70. The Morgan fingerprint density at radius 3 is 2.96 bits per heavy atom. The molecule has 23 heavy (non-hydrogen) atoms. The van der Waals surface area contributed by atoms with E-state index in [0.29, 0.717) is 6.04 Å². The molecule has 1 aromatic heterocycles. The van der Waals surface area contributed by atoms with Crippen LogP contribution >= 0.6 is 0 Å². The lowest BCUT2D eigenvalue weighted by Gasteiger charge is -2.35. The second-order valence-electron chi connectivity index (χ2n) is 6.39. The van der Waals surface area contributed by atoms with Gasteiger partial charge in [-0.25, -0.2) is 4.98 Å². The van der Waals surface area contributed by atoms with Crippen molar-refractivity contribution in [2.24, 2.45) is 0 Å². The fraction of sp³-hybridized carbons (Fsp3) is 0.526. The third-order valence-electron chi connectivity index (χ3n) is 4.93. The van der Waals surface area contributed by atoms with E-state index in [9.17, 15) is 5.11 Å². The molecule has 1 aromatic carbocycles. The van der Waals surface area contributed by atoms with E-state index in [4.69, 9.17) is 0 Å². The fourth-order valence-corrected chi connectivity index (χ4v) is 3.74. The molecule has 0 fully saturated rings. The van der Waals surface area contributed by atoms with Crippen molar-refractivity contribution in [3.63, 3.8) is 0 Å². The number of imidazole rings is 1. The SMILES string of the molecule is Cc1nccn1CCCN(CCO)C1CCCc2ccccc21. The number of aryl methyl sites for hydroxylation is 3. The maximum absolute atomic E-state index is 9.49. The number of benzene rings is 1. The predicted molar refractivity (Wildman–Crippen MR) is 92.4 cm³/mol. The molecule has 0 radical (unpaired) electrons. The number of fused-ring (bicyclic) bond motifs is 1. The zero-order valence-electron chi connectivity index (χ0n) is 14.0. The highest BCUT2D eigenvalue weighted by atomic mass is 16.3. The minimum atomic E-state index is 0.225. The van der Waals surface area contributed by atoms with E-state index < -0.39 is 0 Å². The average molecular weight is 313 g/mol. The van der Waals surface area contributed by atoms with Crippen LogP contribution < -0.4 is 0 Å². The molecular formula is C19H27N3O. The molecule has 0 saturated carbocycles. The number of aliphatic hydroxyl groups excluding tert-OH is 1. The van der Waals surface area contributed by atoms with E-state index in [1.54, 1.807) is 0 Å². The van der Waals surface area contributed by atoms with Gasteiger partial charge in [-0.2, -0.15) is 0 Å². The van der Waals surface area contributed by atoms with E-state index >= 15 is 0 Å². The molecule has 3 rings (SSSR count). The highest BCUT2D eigenvalue weighted by Crippen LogP contribution is 2.34. The monoisotopic (exact) mass is 313 g/mol. The Kier molecular flexibility index (Phi) is 5.47. The van der Waals surface area contributed by atoms with Gasteiger partial charge >= 0.3 is 0 Å². The summed E-state index contributed by atoms with van der Waals surface area (Å²) in [6, 6.07) is 9.26. The maximum atomic E-state index is 9.49. The molecule has 0 aliphatic heterocycles. The zero-order chi connectivity index (χ0) is 16.1. The maximum Gasteiger partial charge on any atom is 0.105 e. The van der Waals surface area contributed by atoms with Gasteiger partial charge in [0.2, 0.25) is 0 Å². The molecule has 2 aromatic rings. The van der Waals surface area contributed by atoms with Crippen molar-refractivity contribution in [2.75, 3.05) is 19.7 Å². The van der Waals surface area contributed by atoms with Gasteiger partial charge in [0.05, 0.1) is 6.61 Å². The number of hydrogen-bond donors (Lipinski definition) is 1. The summed E-state index contributed by atoms with van der Waals surface area (Å²) in [5.41, 5.74) is 2.95. The predicted octanol–water partition coefficient (Wildman–Crippen LogP) is 2.95. The van der Waals surface area contributed by atoms with Crippen molar-refractivity contribution in [3.8, 4) is 0 Å². The molecule has 0 spiro atoms. The van der Waals surface area contributed by atoms with Crippen LogP contribution in [0, 0.1) is 6.92 Å². The molecule has 1 heterocycles. The number of nitrogens with zero attached hydrogens (tertiary/aromatic N) is 3. The Hall–Kier alpha value is -1.65.